The van der Waals surface area contributed by atoms with E-state index in [1.807, 2.05) is 0 Å². The molecule has 0 bridgehead atoms. The Labute approximate surface area is 119 Å². The summed E-state index contributed by atoms with van der Waals surface area (Å²) in [6, 6.07) is 4.94. The van der Waals surface area contributed by atoms with Gasteiger partial charge in [-0.15, -0.1) is 0 Å². The van der Waals surface area contributed by atoms with Crippen molar-refractivity contribution in [2.45, 2.75) is 12.6 Å². The second kappa shape index (κ2) is 6.11. The van der Waals surface area contributed by atoms with Crippen LogP contribution in [0.15, 0.2) is 24.4 Å². The van der Waals surface area contributed by atoms with Crippen LogP contribution in [0.5, 0.6) is 0 Å². The van der Waals surface area contributed by atoms with Crippen molar-refractivity contribution in [2.24, 2.45) is 0 Å². The van der Waals surface area contributed by atoms with Crippen LogP contribution in [0.2, 0.25) is 0 Å². The average molecular weight is 301 g/mol. The van der Waals surface area contributed by atoms with Crippen molar-refractivity contribution in [1.29, 1.82) is 0 Å². The number of carbonyl (C=O) groups is 2. The fraction of sp³-hybridized carbons (Fsp3) is 0.462. The molecule has 8 heteroatoms. The summed E-state index contributed by atoms with van der Waals surface area (Å²) < 4.78 is 36.5. The van der Waals surface area contributed by atoms with Crippen LogP contribution < -0.4 is 0 Å². The normalized spacial score (nSPS) is 16.0. The van der Waals surface area contributed by atoms with Crippen molar-refractivity contribution < 1.29 is 22.8 Å². The highest BCUT2D eigenvalue weighted by atomic mass is 19.4. The van der Waals surface area contributed by atoms with Gasteiger partial charge in [-0.05, 0) is 12.1 Å². The van der Waals surface area contributed by atoms with Crippen LogP contribution in [0, 0.1) is 0 Å². The molecule has 1 aromatic heterocycles. The number of amides is 2. The molecule has 0 atom stereocenters. The quantitative estimate of drug-likeness (QED) is 0.828. The zero-order valence-corrected chi connectivity index (χ0v) is 11.1. The SMILES string of the molecule is O=C(CC(F)(F)F)N1CCN(C(=O)c2ccccn2)CC1. The monoisotopic (exact) mass is 301 g/mol. The molecule has 2 rings (SSSR count). The van der Waals surface area contributed by atoms with Gasteiger partial charge in [0.1, 0.15) is 12.1 Å². The average Bonchev–Trinajstić information content (AvgIpc) is 2.46. The third-order valence-electron chi connectivity index (χ3n) is 3.16. The predicted octanol–water partition coefficient (Wildman–Crippen LogP) is 1.32. The van der Waals surface area contributed by atoms with Gasteiger partial charge in [0, 0.05) is 32.4 Å². The molecule has 114 valence electrons. The smallest absolute Gasteiger partial charge is 0.339 e. The van der Waals surface area contributed by atoms with E-state index in [9.17, 15) is 22.8 Å². The second-order valence-corrected chi connectivity index (χ2v) is 4.68. The lowest BCUT2D eigenvalue weighted by atomic mass is 10.2. The van der Waals surface area contributed by atoms with Crippen molar-refractivity contribution in [2.75, 3.05) is 26.2 Å². The van der Waals surface area contributed by atoms with Gasteiger partial charge in [0.15, 0.2) is 0 Å². The Bertz CT molecular complexity index is 511. The first-order chi connectivity index (χ1) is 9.87. The van der Waals surface area contributed by atoms with Crippen molar-refractivity contribution in [3.05, 3.63) is 30.1 Å². The highest BCUT2D eigenvalue weighted by Crippen LogP contribution is 2.21. The highest BCUT2D eigenvalue weighted by molar-refractivity contribution is 5.92. The van der Waals surface area contributed by atoms with Crippen LogP contribution >= 0.6 is 0 Å². The van der Waals surface area contributed by atoms with E-state index in [0.717, 1.165) is 4.90 Å². The Hall–Kier alpha value is -2.12. The lowest BCUT2D eigenvalue weighted by Gasteiger charge is -2.34. The topological polar surface area (TPSA) is 53.5 Å². The van der Waals surface area contributed by atoms with Gasteiger partial charge in [-0.2, -0.15) is 13.2 Å². The molecule has 0 saturated carbocycles. The van der Waals surface area contributed by atoms with Gasteiger partial charge in [-0.1, -0.05) is 6.07 Å². The van der Waals surface area contributed by atoms with Crippen molar-refractivity contribution in [1.82, 2.24) is 14.8 Å². The van der Waals surface area contributed by atoms with Gasteiger partial charge < -0.3 is 9.80 Å². The number of halogens is 3. The van der Waals surface area contributed by atoms with Crippen LogP contribution in [0.1, 0.15) is 16.9 Å². The van der Waals surface area contributed by atoms with Crippen molar-refractivity contribution in [3.8, 4) is 0 Å². The summed E-state index contributed by atoms with van der Waals surface area (Å²) in [5, 5.41) is 0. The molecular weight excluding hydrogens is 287 g/mol. The minimum atomic E-state index is -4.50. The maximum absolute atomic E-state index is 12.2. The summed E-state index contributed by atoms with van der Waals surface area (Å²) >= 11 is 0. The van der Waals surface area contributed by atoms with Crippen LogP contribution in [0.4, 0.5) is 13.2 Å². The Kier molecular flexibility index (Phi) is 4.44. The van der Waals surface area contributed by atoms with Crippen LogP contribution in [0.3, 0.4) is 0 Å². The minimum Gasteiger partial charge on any atom is -0.339 e. The number of alkyl halides is 3. The minimum absolute atomic E-state index is 0.105. The van der Waals surface area contributed by atoms with E-state index >= 15 is 0 Å². The molecular formula is C13H14F3N3O2. The molecule has 21 heavy (non-hydrogen) atoms. The van der Waals surface area contributed by atoms with Crippen LogP contribution in [-0.2, 0) is 4.79 Å². The predicted molar refractivity (Wildman–Crippen MR) is 67.4 cm³/mol. The summed E-state index contributed by atoms with van der Waals surface area (Å²) in [7, 11) is 0. The number of rotatable bonds is 2. The van der Waals surface area contributed by atoms with Gasteiger partial charge in [0.05, 0.1) is 0 Å². The van der Waals surface area contributed by atoms with E-state index in [-0.39, 0.29) is 37.8 Å². The third kappa shape index (κ3) is 4.17. The van der Waals surface area contributed by atoms with Crippen LogP contribution in [0.25, 0.3) is 0 Å². The summed E-state index contributed by atoms with van der Waals surface area (Å²) in [6.07, 6.45) is -4.46. The van der Waals surface area contributed by atoms with E-state index in [1.165, 1.54) is 11.1 Å². The molecule has 0 aromatic carbocycles. The van der Waals surface area contributed by atoms with Gasteiger partial charge in [0.2, 0.25) is 5.91 Å². The Morgan fingerprint density at radius 1 is 1.10 bits per heavy atom. The fourth-order valence-electron chi connectivity index (χ4n) is 2.09. The molecule has 1 fully saturated rings. The zero-order chi connectivity index (χ0) is 15.5. The Morgan fingerprint density at radius 2 is 1.71 bits per heavy atom. The molecule has 2 amide bonds. The highest BCUT2D eigenvalue weighted by Gasteiger charge is 2.35. The molecule has 0 spiro atoms. The Morgan fingerprint density at radius 3 is 2.24 bits per heavy atom. The molecule has 0 radical (unpaired) electrons. The summed E-state index contributed by atoms with van der Waals surface area (Å²) in [5.74, 6) is -1.23. The van der Waals surface area contributed by atoms with E-state index < -0.39 is 18.5 Å². The first kappa shape index (κ1) is 15.3. The number of aromatic nitrogens is 1. The number of nitrogens with zero attached hydrogens (tertiary/aromatic N) is 3. The first-order valence-electron chi connectivity index (χ1n) is 6.41. The molecule has 0 aliphatic carbocycles. The first-order valence-corrected chi connectivity index (χ1v) is 6.41. The number of pyridine rings is 1. The van der Waals surface area contributed by atoms with Gasteiger partial charge >= 0.3 is 6.18 Å². The van der Waals surface area contributed by atoms with E-state index in [2.05, 4.69) is 4.98 Å². The maximum atomic E-state index is 12.2. The number of hydrogen-bond acceptors (Lipinski definition) is 3. The molecule has 0 N–H and O–H groups in total. The van der Waals surface area contributed by atoms with E-state index in [4.69, 9.17) is 0 Å². The lowest BCUT2D eigenvalue weighted by molar-refractivity contribution is -0.162. The standard InChI is InChI=1S/C13H14F3N3O2/c14-13(15,16)9-11(20)18-5-7-19(8-6-18)12(21)10-3-1-2-4-17-10/h1-4H,5-9H2. The van der Waals surface area contributed by atoms with Crippen molar-refractivity contribution in [3.63, 3.8) is 0 Å². The lowest BCUT2D eigenvalue weighted by Crippen LogP contribution is -2.51. The summed E-state index contributed by atoms with van der Waals surface area (Å²) in [5.41, 5.74) is 0.285. The molecule has 1 aliphatic heterocycles. The molecule has 1 saturated heterocycles. The fourth-order valence-corrected chi connectivity index (χ4v) is 2.09. The largest absolute Gasteiger partial charge is 0.397 e. The van der Waals surface area contributed by atoms with Gasteiger partial charge in [-0.3, -0.25) is 14.6 Å². The van der Waals surface area contributed by atoms with Crippen molar-refractivity contribution >= 4 is 11.8 Å². The van der Waals surface area contributed by atoms with Gasteiger partial charge in [0.25, 0.3) is 5.91 Å². The third-order valence-corrected chi connectivity index (χ3v) is 3.16. The van der Waals surface area contributed by atoms with E-state index in [1.54, 1.807) is 18.2 Å². The molecule has 0 unspecified atom stereocenters. The number of hydrogen-bond donors (Lipinski definition) is 0. The summed E-state index contributed by atoms with van der Waals surface area (Å²) in [4.78, 5) is 30.1. The van der Waals surface area contributed by atoms with Crippen LogP contribution in [-0.4, -0.2) is 59.0 Å². The Balaban J connectivity index is 1.89. The number of carbonyl (C=O) groups excluding carboxylic acids is 2. The zero-order valence-electron chi connectivity index (χ0n) is 11.1. The maximum Gasteiger partial charge on any atom is 0.397 e. The molecule has 5 nitrogen and oxygen atoms in total. The van der Waals surface area contributed by atoms with E-state index in [0.29, 0.717) is 0 Å². The molecule has 1 aromatic rings. The summed E-state index contributed by atoms with van der Waals surface area (Å²) in [6.45, 7) is 0.624. The second-order valence-electron chi connectivity index (χ2n) is 4.68. The number of piperazine rings is 1. The molecule has 1 aliphatic rings. The molecule has 2 heterocycles. The van der Waals surface area contributed by atoms with Gasteiger partial charge in [-0.25, -0.2) is 0 Å².